The summed E-state index contributed by atoms with van der Waals surface area (Å²) in [7, 11) is 0. The maximum Gasteiger partial charge on any atom is 0.306 e. The summed E-state index contributed by atoms with van der Waals surface area (Å²) in [5.41, 5.74) is 0.739. The summed E-state index contributed by atoms with van der Waals surface area (Å²) in [5, 5.41) is 8.98. The van der Waals surface area contributed by atoms with E-state index in [0.717, 1.165) is 0 Å². The lowest BCUT2D eigenvalue weighted by molar-refractivity contribution is -0.143. The molecule has 1 aromatic rings. The summed E-state index contributed by atoms with van der Waals surface area (Å²) in [6.07, 6.45) is 5.02. The molecule has 0 spiro atoms. The minimum absolute atomic E-state index is 0.196. The molecule has 1 fully saturated rings. The van der Waals surface area contributed by atoms with Gasteiger partial charge in [-0.05, 0) is 31.7 Å². The van der Waals surface area contributed by atoms with E-state index in [1.165, 1.54) is 17.3 Å². The number of hydrogen-bond donors (Lipinski definition) is 1. The van der Waals surface area contributed by atoms with Crippen LogP contribution < -0.4 is 0 Å². The minimum atomic E-state index is -0.796. The first kappa shape index (κ1) is 12.8. The van der Waals surface area contributed by atoms with Crippen molar-refractivity contribution in [2.45, 2.75) is 31.7 Å². The Bertz CT molecular complexity index is 556. The van der Waals surface area contributed by atoms with Gasteiger partial charge in [-0.15, -0.1) is 0 Å². The number of carbonyl (C=O) groups is 3. The molecule has 2 amide bonds. The first-order valence-electron chi connectivity index (χ1n) is 6.64. The molecule has 1 saturated carbocycles. The topological polar surface area (TPSA) is 87.6 Å². The second-order valence-corrected chi connectivity index (χ2v) is 5.25. The van der Waals surface area contributed by atoms with Gasteiger partial charge in [0, 0.05) is 18.4 Å². The van der Waals surface area contributed by atoms with E-state index in [-0.39, 0.29) is 23.8 Å². The molecule has 104 valence electrons. The molecule has 1 aliphatic heterocycles. The molecule has 6 nitrogen and oxygen atoms in total. The molecular formula is C14H14N2O4. The van der Waals surface area contributed by atoms with Crippen LogP contribution in [0.1, 0.15) is 46.4 Å². The number of hydrogen-bond acceptors (Lipinski definition) is 4. The van der Waals surface area contributed by atoms with Crippen molar-refractivity contribution in [3.05, 3.63) is 29.6 Å². The van der Waals surface area contributed by atoms with Crippen LogP contribution in [0.5, 0.6) is 0 Å². The number of carboxylic acids is 1. The van der Waals surface area contributed by atoms with Crippen molar-refractivity contribution < 1.29 is 19.5 Å². The molecule has 0 bridgehead atoms. The molecule has 1 N–H and O–H groups in total. The lowest BCUT2D eigenvalue weighted by Gasteiger charge is -2.31. The highest BCUT2D eigenvalue weighted by Gasteiger charge is 2.41. The summed E-state index contributed by atoms with van der Waals surface area (Å²) in [4.78, 5) is 40.6. The van der Waals surface area contributed by atoms with Crippen molar-refractivity contribution in [1.82, 2.24) is 9.88 Å². The fraction of sp³-hybridized carbons (Fsp3) is 0.429. The summed E-state index contributed by atoms with van der Waals surface area (Å²) in [6.45, 7) is 0. The highest BCUT2D eigenvalue weighted by atomic mass is 16.4. The summed E-state index contributed by atoms with van der Waals surface area (Å²) >= 11 is 0. The van der Waals surface area contributed by atoms with Crippen molar-refractivity contribution >= 4 is 17.8 Å². The van der Waals surface area contributed by atoms with Crippen LogP contribution in [-0.4, -0.2) is 38.8 Å². The molecule has 6 heteroatoms. The van der Waals surface area contributed by atoms with Gasteiger partial charge in [0.05, 0.1) is 17.0 Å². The predicted molar refractivity (Wildman–Crippen MR) is 68.1 cm³/mol. The zero-order valence-corrected chi connectivity index (χ0v) is 10.8. The molecule has 0 atom stereocenters. The Balaban J connectivity index is 1.79. The minimum Gasteiger partial charge on any atom is -0.481 e. The highest BCUT2D eigenvalue weighted by Crippen LogP contribution is 2.32. The fourth-order valence-electron chi connectivity index (χ4n) is 3.02. The van der Waals surface area contributed by atoms with Gasteiger partial charge in [-0.25, -0.2) is 0 Å². The summed E-state index contributed by atoms with van der Waals surface area (Å²) in [6, 6.07) is 1.36. The molecule has 0 radical (unpaired) electrons. The zero-order chi connectivity index (χ0) is 14.3. The standard InChI is InChI=1S/C14H14N2O4/c17-12-10-5-6-15-7-11(10)13(18)16(12)9-3-1-8(2-4-9)14(19)20/h5-9H,1-4H2,(H,19,20). The van der Waals surface area contributed by atoms with E-state index in [9.17, 15) is 14.4 Å². The van der Waals surface area contributed by atoms with E-state index in [1.807, 2.05) is 0 Å². The van der Waals surface area contributed by atoms with Crippen LogP contribution in [0.25, 0.3) is 0 Å². The number of aliphatic carboxylic acids is 1. The second-order valence-electron chi connectivity index (χ2n) is 5.25. The van der Waals surface area contributed by atoms with Gasteiger partial charge in [-0.1, -0.05) is 0 Å². The average Bonchev–Trinajstić information content (AvgIpc) is 2.72. The molecule has 0 aromatic carbocycles. The van der Waals surface area contributed by atoms with E-state index in [2.05, 4.69) is 4.98 Å². The molecule has 0 saturated heterocycles. The predicted octanol–water partition coefficient (Wildman–Crippen LogP) is 1.32. The van der Waals surface area contributed by atoms with Crippen molar-refractivity contribution in [3.63, 3.8) is 0 Å². The third kappa shape index (κ3) is 1.88. The van der Waals surface area contributed by atoms with Crippen LogP contribution in [0.15, 0.2) is 18.5 Å². The number of rotatable bonds is 2. The molecule has 20 heavy (non-hydrogen) atoms. The molecule has 1 aliphatic carbocycles. The van der Waals surface area contributed by atoms with Crippen LogP contribution >= 0.6 is 0 Å². The van der Waals surface area contributed by atoms with E-state index in [0.29, 0.717) is 36.8 Å². The Hall–Kier alpha value is -2.24. The number of imide groups is 1. The zero-order valence-electron chi connectivity index (χ0n) is 10.8. The van der Waals surface area contributed by atoms with Gasteiger partial charge < -0.3 is 5.11 Å². The first-order valence-corrected chi connectivity index (χ1v) is 6.64. The number of pyridine rings is 1. The van der Waals surface area contributed by atoms with Crippen molar-refractivity contribution in [2.24, 2.45) is 5.92 Å². The normalized spacial score (nSPS) is 25.7. The number of amides is 2. The number of carbonyl (C=O) groups excluding carboxylic acids is 2. The van der Waals surface area contributed by atoms with E-state index >= 15 is 0 Å². The summed E-state index contributed by atoms with van der Waals surface area (Å²) in [5.74, 6) is -1.75. The third-order valence-corrected chi connectivity index (χ3v) is 4.13. The van der Waals surface area contributed by atoms with Crippen molar-refractivity contribution in [3.8, 4) is 0 Å². The fourth-order valence-corrected chi connectivity index (χ4v) is 3.02. The molecule has 2 heterocycles. The van der Waals surface area contributed by atoms with Gasteiger partial charge >= 0.3 is 5.97 Å². The van der Waals surface area contributed by atoms with Gasteiger partial charge in [0.2, 0.25) is 0 Å². The van der Waals surface area contributed by atoms with Crippen molar-refractivity contribution in [2.75, 3.05) is 0 Å². The third-order valence-electron chi connectivity index (χ3n) is 4.13. The molecule has 3 rings (SSSR count). The Labute approximate surface area is 115 Å². The Morgan fingerprint density at radius 3 is 2.40 bits per heavy atom. The largest absolute Gasteiger partial charge is 0.481 e. The van der Waals surface area contributed by atoms with Gasteiger partial charge in [0.1, 0.15) is 0 Å². The van der Waals surface area contributed by atoms with E-state index in [4.69, 9.17) is 5.11 Å². The van der Waals surface area contributed by atoms with Gasteiger partial charge in [0.25, 0.3) is 11.8 Å². The molecular weight excluding hydrogens is 260 g/mol. The molecule has 2 aliphatic rings. The van der Waals surface area contributed by atoms with Gasteiger partial charge in [-0.3, -0.25) is 24.3 Å². The number of carboxylic acid groups (broad SMARTS) is 1. The van der Waals surface area contributed by atoms with Crippen LogP contribution in [0, 0.1) is 5.92 Å². The molecule has 1 aromatic heterocycles. The molecule has 0 unspecified atom stereocenters. The van der Waals surface area contributed by atoms with Crippen molar-refractivity contribution in [1.29, 1.82) is 0 Å². The quantitative estimate of drug-likeness (QED) is 0.822. The maximum absolute atomic E-state index is 12.3. The van der Waals surface area contributed by atoms with Gasteiger partial charge in [-0.2, -0.15) is 0 Å². The van der Waals surface area contributed by atoms with E-state index in [1.54, 1.807) is 6.07 Å². The SMILES string of the molecule is O=C(O)C1CCC(N2C(=O)c3ccncc3C2=O)CC1. The van der Waals surface area contributed by atoms with Crippen LogP contribution in [0.2, 0.25) is 0 Å². The smallest absolute Gasteiger partial charge is 0.306 e. The Morgan fingerprint density at radius 1 is 1.15 bits per heavy atom. The van der Waals surface area contributed by atoms with Crippen LogP contribution in [0.3, 0.4) is 0 Å². The maximum atomic E-state index is 12.3. The Kier molecular flexibility index (Phi) is 3.00. The lowest BCUT2D eigenvalue weighted by atomic mass is 9.85. The average molecular weight is 274 g/mol. The first-order chi connectivity index (χ1) is 9.59. The van der Waals surface area contributed by atoms with Crippen LogP contribution in [0.4, 0.5) is 0 Å². The van der Waals surface area contributed by atoms with E-state index < -0.39 is 5.97 Å². The number of nitrogens with zero attached hydrogens (tertiary/aromatic N) is 2. The second kappa shape index (κ2) is 4.70. The van der Waals surface area contributed by atoms with Crippen LogP contribution in [-0.2, 0) is 4.79 Å². The monoisotopic (exact) mass is 274 g/mol. The Morgan fingerprint density at radius 2 is 1.80 bits per heavy atom. The number of fused-ring (bicyclic) bond motifs is 1. The van der Waals surface area contributed by atoms with Gasteiger partial charge in [0.15, 0.2) is 0 Å². The number of aromatic nitrogens is 1. The lowest BCUT2D eigenvalue weighted by Crippen LogP contribution is -2.42. The summed E-state index contributed by atoms with van der Waals surface area (Å²) < 4.78 is 0. The highest BCUT2D eigenvalue weighted by molar-refractivity contribution is 6.21.